The van der Waals surface area contributed by atoms with Crippen molar-refractivity contribution in [3.63, 3.8) is 0 Å². The lowest BCUT2D eigenvalue weighted by Crippen LogP contribution is -2.07. The molecule has 96 valence electrons. The van der Waals surface area contributed by atoms with Gasteiger partial charge in [-0.1, -0.05) is 54.7 Å². The molecule has 0 aliphatic carbocycles. The van der Waals surface area contributed by atoms with Gasteiger partial charge >= 0.3 is 0 Å². The average molecular weight is 270 g/mol. The fraction of sp³-hybridized carbons (Fsp3) is 0.125. The summed E-state index contributed by atoms with van der Waals surface area (Å²) in [5.41, 5.74) is 1.58. The Hall–Kier alpha value is -2.00. The van der Waals surface area contributed by atoms with Gasteiger partial charge in [0.15, 0.2) is 5.78 Å². The number of benzene rings is 2. The zero-order valence-electron chi connectivity index (χ0n) is 10.6. The summed E-state index contributed by atoms with van der Waals surface area (Å²) in [4.78, 5) is 12.7. The molecule has 2 aromatic rings. The van der Waals surface area contributed by atoms with E-state index in [0.29, 0.717) is 10.4 Å². The van der Waals surface area contributed by atoms with Crippen LogP contribution in [0.1, 0.15) is 22.3 Å². The summed E-state index contributed by atoms with van der Waals surface area (Å²) in [5, 5.41) is 0. The third kappa shape index (κ3) is 3.48. The quantitative estimate of drug-likeness (QED) is 0.612. The van der Waals surface area contributed by atoms with Gasteiger partial charge in [0.25, 0.3) is 0 Å². The fourth-order valence-electron chi connectivity index (χ4n) is 1.75. The molecule has 0 aliphatic heterocycles. The van der Waals surface area contributed by atoms with Gasteiger partial charge < -0.3 is 4.74 Å². The fourth-order valence-corrected chi connectivity index (χ4v) is 2.02. The predicted molar refractivity (Wildman–Crippen MR) is 80.1 cm³/mol. The molecule has 0 unspecified atom stereocenters. The summed E-state index contributed by atoms with van der Waals surface area (Å²) in [6.45, 7) is 0. The van der Waals surface area contributed by atoms with Gasteiger partial charge in [0.05, 0.1) is 7.11 Å². The number of ketones is 1. The molecule has 0 spiro atoms. The Labute approximate surface area is 118 Å². The van der Waals surface area contributed by atoms with Crippen LogP contribution in [0.15, 0.2) is 54.6 Å². The van der Waals surface area contributed by atoms with Gasteiger partial charge in [-0.05, 0) is 17.7 Å². The summed E-state index contributed by atoms with van der Waals surface area (Å²) in [5.74, 6) is 0.822. The molecule has 0 atom stereocenters. The molecular formula is C16H14O2S. The number of carbonyl (C=O) groups is 1. The van der Waals surface area contributed by atoms with Crippen LogP contribution in [0.25, 0.3) is 0 Å². The van der Waals surface area contributed by atoms with Crippen molar-refractivity contribution in [1.82, 2.24) is 0 Å². The molecule has 0 saturated heterocycles. The van der Waals surface area contributed by atoms with Crippen LogP contribution in [0.3, 0.4) is 0 Å². The van der Waals surface area contributed by atoms with Crippen molar-refractivity contribution in [3.8, 4) is 5.75 Å². The lowest BCUT2D eigenvalue weighted by atomic mass is 10.0. The summed E-state index contributed by atoms with van der Waals surface area (Å²) in [6, 6.07) is 16.6. The standard InChI is InChI=1S/C16H14O2S/c1-18-14-9-7-13(8-10-14)16(19)11-15(17)12-5-3-2-4-6-12/h2-10H,11H2,1H3. The maximum Gasteiger partial charge on any atom is 0.168 e. The maximum atomic E-state index is 12.0. The van der Waals surface area contributed by atoms with Gasteiger partial charge in [-0.2, -0.15) is 0 Å². The molecule has 0 saturated carbocycles. The number of hydrogen-bond acceptors (Lipinski definition) is 3. The topological polar surface area (TPSA) is 26.3 Å². The molecule has 2 aromatic carbocycles. The number of rotatable bonds is 5. The van der Waals surface area contributed by atoms with Gasteiger partial charge in [-0.15, -0.1) is 0 Å². The van der Waals surface area contributed by atoms with E-state index in [0.717, 1.165) is 11.3 Å². The van der Waals surface area contributed by atoms with Crippen LogP contribution < -0.4 is 4.74 Å². The molecule has 0 N–H and O–H groups in total. The third-order valence-electron chi connectivity index (χ3n) is 2.83. The molecule has 0 fully saturated rings. The molecule has 0 heterocycles. The van der Waals surface area contributed by atoms with Gasteiger partial charge in [0.2, 0.25) is 0 Å². The second-order valence-corrected chi connectivity index (χ2v) is 4.61. The van der Waals surface area contributed by atoms with Crippen LogP contribution in [0.5, 0.6) is 5.75 Å². The Balaban J connectivity index is 2.06. The van der Waals surface area contributed by atoms with Crippen LogP contribution in [-0.4, -0.2) is 17.8 Å². The monoisotopic (exact) mass is 270 g/mol. The zero-order valence-corrected chi connectivity index (χ0v) is 11.4. The predicted octanol–water partition coefficient (Wildman–Crippen LogP) is 3.69. The number of Topliss-reactive ketones (excluding diaryl/α,β-unsaturated/α-hetero) is 1. The number of thiocarbonyl (C=S) groups is 1. The van der Waals surface area contributed by atoms with Crippen molar-refractivity contribution in [2.45, 2.75) is 6.42 Å². The molecule has 0 bridgehead atoms. The lowest BCUT2D eigenvalue weighted by Gasteiger charge is -2.05. The summed E-state index contributed by atoms with van der Waals surface area (Å²) < 4.78 is 5.09. The van der Waals surface area contributed by atoms with Crippen molar-refractivity contribution in [2.24, 2.45) is 0 Å². The minimum absolute atomic E-state index is 0.0430. The lowest BCUT2D eigenvalue weighted by molar-refractivity contribution is 0.100. The Morgan fingerprint density at radius 1 is 1.00 bits per heavy atom. The molecule has 0 aliphatic rings. The van der Waals surface area contributed by atoms with E-state index in [4.69, 9.17) is 17.0 Å². The van der Waals surface area contributed by atoms with E-state index in [9.17, 15) is 4.79 Å². The van der Waals surface area contributed by atoms with Crippen molar-refractivity contribution >= 4 is 22.9 Å². The Kier molecular flexibility index (Phi) is 4.42. The molecule has 3 heteroatoms. The highest BCUT2D eigenvalue weighted by Crippen LogP contribution is 2.14. The number of ether oxygens (including phenoxy) is 1. The van der Waals surface area contributed by atoms with E-state index < -0.39 is 0 Å². The Morgan fingerprint density at radius 2 is 1.63 bits per heavy atom. The average Bonchev–Trinajstić information content (AvgIpc) is 2.48. The second kappa shape index (κ2) is 6.25. The summed E-state index contributed by atoms with van der Waals surface area (Å²) >= 11 is 5.31. The van der Waals surface area contributed by atoms with Crippen molar-refractivity contribution in [3.05, 3.63) is 65.7 Å². The Bertz CT molecular complexity index is 573. The van der Waals surface area contributed by atoms with Gasteiger partial charge in [0.1, 0.15) is 5.75 Å². The SMILES string of the molecule is COc1ccc(C(=S)CC(=O)c2ccccc2)cc1. The van der Waals surface area contributed by atoms with Gasteiger partial charge in [0, 0.05) is 16.8 Å². The minimum Gasteiger partial charge on any atom is -0.497 e. The second-order valence-electron chi connectivity index (χ2n) is 4.12. The van der Waals surface area contributed by atoms with Crippen LogP contribution >= 0.6 is 12.2 Å². The molecule has 2 nitrogen and oxygen atoms in total. The molecule has 0 aromatic heterocycles. The van der Waals surface area contributed by atoms with E-state index in [1.165, 1.54) is 0 Å². The van der Waals surface area contributed by atoms with Crippen molar-refractivity contribution < 1.29 is 9.53 Å². The van der Waals surface area contributed by atoms with Crippen LogP contribution in [-0.2, 0) is 0 Å². The molecule has 0 radical (unpaired) electrons. The normalized spacial score (nSPS) is 9.95. The van der Waals surface area contributed by atoms with Crippen molar-refractivity contribution in [2.75, 3.05) is 7.11 Å². The molecule has 19 heavy (non-hydrogen) atoms. The number of methoxy groups -OCH3 is 1. The first kappa shape index (κ1) is 13.4. The third-order valence-corrected chi connectivity index (χ3v) is 3.21. The zero-order chi connectivity index (χ0) is 13.7. The molecular weight excluding hydrogens is 256 g/mol. The van der Waals surface area contributed by atoms with E-state index in [2.05, 4.69) is 0 Å². The largest absolute Gasteiger partial charge is 0.497 e. The highest BCUT2D eigenvalue weighted by atomic mass is 32.1. The van der Waals surface area contributed by atoms with Gasteiger partial charge in [-0.25, -0.2) is 0 Å². The molecule has 0 amide bonds. The van der Waals surface area contributed by atoms with Crippen LogP contribution in [0, 0.1) is 0 Å². The highest BCUT2D eigenvalue weighted by molar-refractivity contribution is 7.80. The number of hydrogen-bond donors (Lipinski definition) is 0. The summed E-state index contributed by atoms with van der Waals surface area (Å²) in [7, 11) is 1.62. The first-order valence-corrected chi connectivity index (χ1v) is 6.37. The van der Waals surface area contributed by atoms with Crippen LogP contribution in [0.2, 0.25) is 0 Å². The maximum absolute atomic E-state index is 12.0. The van der Waals surface area contributed by atoms with E-state index >= 15 is 0 Å². The first-order valence-electron chi connectivity index (χ1n) is 5.96. The Morgan fingerprint density at radius 3 is 2.21 bits per heavy atom. The van der Waals surface area contributed by atoms with Gasteiger partial charge in [-0.3, -0.25) is 4.79 Å². The first-order chi connectivity index (χ1) is 9.20. The number of carbonyl (C=O) groups excluding carboxylic acids is 1. The highest BCUT2D eigenvalue weighted by Gasteiger charge is 2.10. The minimum atomic E-state index is 0.0430. The van der Waals surface area contributed by atoms with Crippen molar-refractivity contribution in [1.29, 1.82) is 0 Å². The van der Waals surface area contributed by atoms with E-state index in [-0.39, 0.29) is 12.2 Å². The van der Waals surface area contributed by atoms with E-state index in [1.54, 1.807) is 19.2 Å². The molecule has 2 rings (SSSR count). The summed E-state index contributed by atoms with van der Waals surface area (Å²) in [6.07, 6.45) is 0.256. The van der Waals surface area contributed by atoms with E-state index in [1.807, 2.05) is 42.5 Å². The smallest absolute Gasteiger partial charge is 0.168 e. The van der Waals surface area contributed by atoms with Crippen LogP contribution in [0.4, 0.5) is 0 Å².